The number of rotatable bonds is 3. The molecule has 1 atom stereocenters. The van der Waals surface area contributed by atoms with Gasteiger partial charge in [0.15, 0.2) is 0 Å². The van der Waals surface area contributed by atoms with Crippen LogP contribution in [0.4, 0.5) is 0 Å². The van der Waals surface area contributed by atoms with Crippen LogP contribution in [0.2, 0.25) is 0 Å². The van der Waals surface area contributed by atoms with E-state index in [0.717, 1.165) is 12.8 Å². The van der Waals surface area contributed by atoms with Gasteiger partial charge in [0.25, 0.3) is 5.91 Å². The number of amides is 1. The van der Waals surface area contributed by atoms with Crippen LogP contribution in [0.15, 0.2) is 23.1 Å². The fourth-order valence-electron chi connectivity index (χ4n) is 3.31. The third kappa shape index (κ3) is 4.37. The molecule has 0 aliphatic carbocycles. The minimum atomic E-state index is -3.63. The Morgan fingerprint density at radius 2 is 1.92 bits per heavy atom. The van der Waals surface area contributed by atoms with Crippen molar-refractivity contribution in [2.45, 2.75) is 30.7 Å². The van der Waals surface area contributed by atoms with Crippen LogP contribution in [0, 0.1) is 6.92 Å². The van der Waals surface area contributed by atoms with E-state index in [4.69, 9.17) is 10.5 Å². The molecule has 146 valence electrons. The monoisotopic (exact) mass is 403 g/mol. The predicted molar refractivity (Wildman–Crippen MR) is 101 cm³/mol. The van der Waals surface area contributed by atoms with Crippen molar-refractivity contribution in [3.8, 4) is 0 Å². The van der Waals surface area contributed by atoms with Gasteiger partial charge in [-0.05, 0) is 37.5 Å². The minimum absolute atomic E-state index is 0. The second-order valence-electron chi connectivity index (χ2n) is 6.65. The van der Waals surface area contributed by atoms with Crippen molar-refractivity contribution >= 4 is 28.3 Å². The summed E-state index contributed by atoms with van der Waals surface area (Å²) in [6, 6.07) is 4.88. The smallest absolute Gasteiger partial charge is 0.253 e. The molecule has 2 heterocycles. The molecule has 3 rings (SSSR count). The van der Waals surface area contributed by atoms with Gasteiger partial charge in [-0.1, -0.05) is 6.07 Å². The maximum atomic E-state index is 12.9. The Morgan fingerprint density at radius 3 is 2.58 bits per heavy atom. The summed E-state index contributed by atoms with van der Waals surface area (Å²) in [5.74, 6) is -0.159. The molecule has 1 amide bonds. The summed E-state index contributed by atoms with van der Waals surface area (Å²) < 4.78 is 32.5. The maximum absolute atomic E-state index is 12.9. The highest BCUT2D eigenvalue weighted by atomic mass is 35.5. The number of nitrogens with two attached hydrogens (primary N) is 1. The molecule has 0 saturated carbocycles. The number of benzene rings is 1. The van der Waals surface area contributed by atoms with E-state index in [0.29, 0.717) is 50.5 Å². The van der Waals surface area contributed by atoms with Crippen LogP contribution in [-0.4, -0.2) is 69.0 Å². The number of ether oxygens (including phenoxy) is 1. The first-order valence-corrected chi connectivity index (χ1v) is 10.1. The molecule has 2 aliphatic rings. The Kier molecular flexibility index (Phi) is 7.04. The van der Waals surface area contributed by atoms with Crippen molar-refractivity contribution in [2.75, 3.05) is 39.4 Å². The quantitative estimate of drug-likeness (QED) is 0.812. The third-order valence-corrected chi connectivity index (χ3v) is 6.81. The van der Waals surface area contributed by atoms with Gasteiger partial charge in [0, 0.05) is 37.8 Å². The molecule has 2 fully saturated rings. The molecule has 1 aromatic rings. The normalized spacial score (nSPS) is 21.9. The second-order valence-corrected chi connectivity index (χ2v) is 8.56. The number of hydrogen-bond acceptors (Lipinski definition) is 5. The van der Waals surface area contributed by atoms with Crippen molar-refractivity contribution in [1.82, 2.24) is 9.21 Å². The number of halogens is 1. The van der Waals surface area contributed by atoms with Gasteiger partial charge in [-0.3, -0.25) is 4.79 Å². The fraction of sp³-hybridized carbons (Fsp3) is 0.588. The van der Waals surface area contributed by atoms with Gasteiger partial charge < -0.3 is 15.4 Å². The Balaban J connectivity index is 0.00000243. The SMILES string of the molecule is Cc1ccc(C(=O)N2CCCC(N)C2)cc1S(=O)(=O)N1CCOCC1.Cl. The number of likely N-dealkylation sites (tertiary alicyclic amines) is 1. The number of carbonyl (C=O) groups excluding carboxylic acids is 1. The first-order valence-electron chi connectivity index (χ1n) is 8.63. The summed E-state index contributed by atoms with van der Waals surface area (Å²) in [4.78, 5) is 14.7. The molecule has 0 bridgehead atoms. The zero-order valence-electron chi connectivity index (χ0n) is 14.9. The molecule has 0 radical (unpaired) electrons. The van der Waals surface area contributed by atoms with Crippen LogP contribution in [0.5, 0.6) is 0 Å². The summed E-state index contributed by atoms with van der Waals surface area (Å²) in [6.45, 7) is 4.37. The molecule has 7 nitrogen and oxygen atoms in total. The van der Waals surface area contributed by atoms with E-state index in [1.807, 2.05) is 0 Å². The van der Waals surface area contributed by atoms with Crippen molar-refractivity contribution in [1.29, 1.82) is 0 Å². The van der Waals surface area contributed by atoms with Crippen LogP contribution in [-0.2, 0) is 14.8 Å². The number of morpholine rings is 1. The maximum Gasteiger partial charge on any atom is 0.253 e. The number of nitrogens with zero attached hydrogens (tertiary/aromatic N) is 2. The lowest BCUT2D eigenvalue weighted by molar-refractivity contribution is 0.0707. The van der Waals surface area contributed by atoms with E-state index in [1.165, 1.54) is 10.4 Å². The largest absolute Gasteiger partial charge is 0.379 e. The summed E-state index contributed by atoms with van der Waals surface area (Å²) in [7, 11) is -3.63. The van der Waals surface area contributed by atoms with E-state index in [9.17, 15) is 13.2 Å². The first kappa shape index (κ1) is 21.1. The third-order valence-electron chi connectivity index (χ3n) is 4.77. The summed E-state index contributed by atoms with van der Waals surface area (Å²) >= 11 is 0. The van der Waals surface area contributed by atoms with Gasteiger partial charge in [0.05, 0.1) is 18.1 Å². The Hall–Kier alpha value is -1.19. The minimum Gasteiger partial charge on any atom is -0.379 e. The molecule has 0 aromatic heterocycles. The molecule has 2 saturated heterocycles. The summed E-state index contributed by atoms with van der Waals surface area (Å²) in [6.07, 6.45) is 1.78. The number of aryl methyl sites for hydroxylation is 1. The van der Waals surface area contributed by atoms with E-state index < -0.39 is 10.0 Å². The highest BCUT2D eigenvalue weighted by molar-refractivity contribution is 7.89. The molecular weight excluding hydrogens is 378 g/mol. The summed E-state index contributed by atoms with van der Waals surface area (Å²) in [5.41, 5.74) is 6.99. The highest BCUT2D eigenvalue weighted by Crippen LogP contribution is 2.23. The Labute approximate surface area is 160 Å². The van der Waals surface area contributed by atoms with Crippen LogP contribution in [0.25, 0.3) is 0 Å². The lowest BCUT2D eigenvalue weighted by Crippen LogP contribution is -2.45. The predicted octanol–water partition coefficient (Wildman–Crippen LogP) is 1.00. The molecule has 9 heteroatoms. The molecule has 2 aliphatic heterocycles. The van der Waals surface area contributed by atoms with Crippen LogP contribution in [0.1, 0.15) is 28.8 Å². The van der Waals surface area contributed by atoms with E-state index in [-0.39, 0.29) is 29.3 Å². The van der Waals surface area contributed by atoms with Crippen molar-refractivity contribution in [2.24, 2.45) is 5.73 Å². The van der Waals surface area contributed by atoms with Crippen molar-refractivity contribution in [3.05, 3.63) is 29.3 Å². The number of piperidine rings is 1. The molecule has 0 spiro atoms. The molecule has 1 aromatic carbocycles. The van der Waals surface area contributed by atoms with Crippen molar-refractivity contribution < 1.29 is 17.9 Å². The number of sulfonamides is 1. The zero-order valence-corrected chi connectivity index (χ0v) is 16.5. The van der Waals surface area contributed by atoms with Gasteiger partial charge in [0.1, 0.15) is 0 Å². The number of hydrogen-bond donors (Lipinski definition) is 1. The van der Waals surface area contributed by atoms with Gasteiger partial charge in [-0.25, -0.2) is 8.42 Å². The molecule has 26 heavy (non-hydrogen) atoms. The van der Waals surface area contributed by atoms with Gasteiger partial charge in [-0.2, -0.15) is 4.31 Å². The average Bonchev–Trinajstić information content (AvgIpc) is 2.62. The van der Waals surface area contributed by atoms with E-state index in [2.05, 4.69) is 0 Å². The fourth-order valence-corrected chi connectivity index (χ4v) is 4.97. The highest BCUT2D eigenvalue weighted by Gasteiger charge is 2.29. The van der Waals surface area contributed by atoms with Gasteiger partial charge in [-0.15, -0.1) is 12.4 Å². The molecule has 1 unspecified atom stereocenters. The summed E-state index contributed by atoms with van der Waals surface area (Å²) in [5, 5.41) is 0. The molecule has 2 N–H and O–H groups in total. The van der Waals surface area contributed by atoms with Gasteiger partial charge in [0.2, 0.25) is 10.0 Å². The molecular formula is C17H26ClN3O4S. The lowest BCUT2D eigenvalue weighted by atomic mass is 10.0. The lowest BCUT2D eigenvalue weighted by Gasteiger charge is -2.31. The zero-order chi connectivity index (χ0) is 18.0. The van der Waals surface area contributed by atoms with Crippen LogP contribution < -0.4 is 5.73 Å². The van der Waals surface area contributed by atoms with Crippen LogP contribution in [0.3, 0.4) is 0 Å². The standard InChI is InChI=1S/C17H25N3O4S.ClH/c1-13-4-5-14(17(21)19-6-2-3-15(18)12-19)11-16(13)25(22,23)20-7-9-24-10-8-20;/h4-5,11,15H,2-3,6-10,12,18H2,1H3;1H. The first-order chi connectivity index (χ1) is 11.9. The average molecular weight is 404 g/mol. The van der Waals surface area contributed by atoms with Crippen molar-refractivity contribution in [3.63, 3.8) is 0 Å². The Bertz CT molecular complexity index is 750. The topological polar surface area (TPSA) is 92.9 Å². The van der Waals surface area contributed by atoms with Gasteiger partial charge >= 0.3 is 0 Å². The van der Waals surface area contributed by atoms with E-state index in [1.54, 1.807) is 24.0 Å². The number of carbonyl (C=O) groups is 1. The Morgan fingerprint density at radius 1 is 1.23 bits per heavy atom. The van der Waals surface area contributed by atoms with E-state index >= 15 is 0 Å². The second kappa shape index (κ2) is 8.67. The van der Waals surface area contributed by atoms with Crippen LogP contribution >= 0.6 is 12.4 Å².